The molecule has 0 N–H and O–H groups in total. The summed E-state index contributed by atoms with van der Waals surface area (Å²) in [6.45, 7) is 0.364. The molecule has 2 aliphatic heterocycles. The van der Waals surface area contributed by atoms with Crippen molar-refractivity contribution in [2.24, 2.45) is 0 Å². The van der Waals surface area contributed by atoms with Gasteiger partial charge < -0.3 is 9.09 Å². The van der Waals surface area contributed by atoms with Crippen molar-refractivity contribution in [1.29, 1.82) is 0 Å². The zero-order chi connectivity index (χ0) is 19.8. The van der Waals surface area contributed by atoms with Gasteiger partial charge in [-0.2, -0.15) is 4.98 Å². The Kier molecular flexibility index (Phi) is 4.09. The number of fused-ring (bicyclic) bond motifs is 1. The summed E-state index contributed by atoms with van der Waals surface area (Å²) >= 11 is 0. The molecular weight excluding hydrogens is 376 g/mol. The van der Waals surface area contributed by atoms with E-state index in [1.54, 1.807) is 18.5 Å². The molecule has 29 heavy (non-hydrogen) atoms. The lowest BCUT2D eigenvalue weighted by Gasteiger charge is -2.04. The van der Waals surface area contributed by atoms with Crippen LogP contribution in [0.5, 0.6) is 0 Å². The second kappa shape index (κ2) is 6.90. The van der Waals surface area contributed by atoms with Gasteiger partial charge in [0.1, 0.15) is 5.69 Å². The van der Waals surface area contributed by atoms with E-state index in [1.165, 1.54) is 12.1 Å². The molecule has 8 heteroatoms. The van der Waals surface area contributed by atoms with Crippen LogP contribution in [0.25, 0.3) is 34.2 Å². The number of halogens is 2. The second-order valence-corrected chi connectivity index (χ2v) is 6.42. The molecule has 5 rings (SSSR count). The van der Waals surface area contributed by atoms with Gasteiger partial charge in [0.05, 0.1) is 17.8 Å². The number of imidazole rings is 1. The highest BCUT2D eigenvalue weighted by Crippen LogP contribution is 2.27. The molecule has 0 atom stereocenters. The summed E-state index contributed by atoms with van der Waals surface area (Å²) in [5.41, 5.74) is 2.00. The average Bonchev–Trinajstić information content (AvgIpc) is 3.37. The third kappa shape index (κ3) is 3.25. The van der Waals surface area contributed by atoms with E-state index in [2.05, 4.69) is 20.1 Å². The monoisotopic (exact) mass is 389 g/mol. The maximum absolute atomic E-state index is 14.0. The second-order valence-electron chi connectivity index (χ2n) is 6.42. The van der Waals surface area contributed by atoms with Gasteiger partial charge in [-0.3, -0.25) is 0 Å². The summed E-state index contributed by atoms with van der Waals surface area (Å²) in [6, 6.07) is 15.2. The van der Waals surface area contributed by atoms with Crippen LogP contribution in [0.2, 0.25) is 0 Å². The van der Waals surface area contributed by atoms with Crippen LogP contribution in [0.15, 0.2) is 71.5 Å². The topological polar surface area (TPSA) is 69.6 Å². The highest BCUT2D eigenvalue weighted by molar-refractivity contribution is 5.66. The van der Waals surface area contributed by atoms with Crippen molar-refractivity contribution in [3.63, 3.8) is 0 Å². The molecule has 2 aliphatic rings. The predicted octanol–water partition coefficient (Wildman–Crippen LogP) is 4.43. The van der Waals surface area contributed by atoms with E-state index in [0.29, 0.717) is 29.6 Å². The average molecular weight is 389 g/mol. The highest BCUT2D eigenvalue weighted by Gasteiger charge is 2.18. The molecule has 0 radical (unpaired) electrons. The van der Waals surface area contributed by atoms with Crippen LogP contribution in [-0.2, 0) is 6.54 Å². The first-order valence-electron chi connectivity index (χ1n) is 8.83. The molecule has 1 aromatic heterocycles. The summed E-state index contributed by atoms with van der Waals surface area (Å²) in [6.07, 6.45) is 3.54. The predicted molar refractivity (Wildman–Crippen MR) is 101 cm³/mol. The van der Waals surface area contributed by atoms with Gasteiger partial charge in [0.2, 0.25) is 0 Å². The van der Waals surface area contributed by atoms with Crippen molar-refractivity contribution < 1.29 is 13.3 Å². The summed E-state index contributed by atoms with van der Waals surface area (Å²) in [5, 5.41) is 4.01. The minimum Gasteiger partial charge on any atom is -0.344 e. The molecule has 0 fully saturated rings. The Hall–Kier alpha value is -3.94. The van der Waals surface area contributed by atoms with Crippen molar-refractivity contribution in [3.8, 4) is 34.2 Å². The third-order valence-electron chi connectivity index (χ3n) is 4.43. The van der Waals surface area contributed by atoms with Crippen LogP contribution in [0.1, 0.15) is 5.82 Å². The van der Waals surface area contributed by atoms with Gasteiger partial charge in [-0.15, -0.1) is 0 Å². The number of hydrogen-bond donors (Lipinski definition) is 0. The molecule has 0 spiro atoms. The molecule has 3 aromatic rings. The molecule has 0 bridgehead atoms. The Bertz CT molecular complexity index is 1270. The van der Waals surface area contributed by atoms with Crippen molar-refractivity contribution in [2.45, 2.75) is 6.54 Å². The van der Waals surface area contributed by atoms with Crippen LogP contribution in [0.4, 0.5) is 8.78 Å². The zero-order valence-corrected chi connectivity index (χ0v) is 15.0. The number of rotatable bonds is 4. The van der Waals surface area contributed by atoms with E-state index >= 15 is 0 Å². The standard InChI is InChI=1S/C21H13F2N5O/c22-15-8-4-7-14(19(15)23)20-24-16-9-10-28(11-17(16)25-20)12-18-26-21(29-27-18)13-5-2-1-3-6-13/h1-11H,12H2. The molecule has 0 saturated carbocycles. The zero-order valence-electron chi connectivity index (χ0n) is 15.0. The molecule has 0 saturated heterocycles. The molecular formula is C21H13F2N5O. The lowest BCUT2D eigenvalue weighted by atomic mass is 10.2. The third-order valence-corrected chi connectivity index (χ3v) is 4.43. The lowest BCUT2D eigenvalue weighted by molar-refractivity contribution is 0.420. The Balaban J connectivity index is 1.43. The Morgan fingerprint density at radius 3 is 2.55 bits per heavy atom. The van der Waals surface area contributed by atoms with E-state index in [4.69, 9.17) is 4.52 Å². The largest absolute Gasteiger partial charge is 0.344 e. The molecule has 0 aliphatic carbocycles. The maximum atomic E-state index is 14.0. The number of aromatic nitrogens is 5. The van der Waals surface area contributed by atoms with Crippen LogP contribution in [0, 0.1) is 11.6 Å². The number of nitrogens with zero attached hydrogens (tertiary/aromatic N) is 5. The van der Waals surface area contributed by atoms with Crippen molar-refractivity contribution in [2.75, 3.05) is 0 Å². The van der Waals surface area contributed by atoms with Crippen LogP contribution in [0.3, 0.4) is 0 Å². The van der Waals surface area contributed by atoms with E-state index in [1.807, 2.05) is 34.9 Å². The smallest absolute Gasteiger partial charge is 0.257 e. The first-order chi connectivity index (χ1) is 14.2. The van der Waals surface area contributed by atoms with Crippen molar-refractivity contribution in [1.82, 2.24) is 24.7 Å². The van der Waals surface area contributed by atoms with Crippen LogP contribution >= 0.6 is 0 Å². The van der Waals surface area contributed by atoms with Gasteiger partial charge in [-0.05, 0) is 30.3 Å². The Morgan fingerprint density at radius 2 is 1.69 bits per heavy atom. The van der Waals surface area contributed by atoms with E-state index in [0.717, 1.165) is 11.6 Å². The van der Waals surface area contributed by atoms with E-state index in [-0.39, 0.29) is 11.4 Å². The Morgan fingerprint density at radius 1 is 0.862 bits per heavy atom. The van der Waals surface area contributed by atoms with Gasteiger partial charge in [0.25, 0.3) is 5.89 Å². The normalized spacial score (nSPS) is 11.2. The number of hydrogen-bond acceptors (Lipinski definition) is 5. The van der Waals surface area contributed by atoms with Gasteiger partial charge in [-0.25, -0.2) is 18.7 Å². The fourth-order valence-electron chi connectivity index (χ4n) is 3.03. The summed E-state index contributed by atoms with van der Waals surface area (Å²) in [7, 11) is 0. The van der Waals surface area contributed by atoms with Gasteiger partial charge in [-0.1, -0.05) is 29.4 Å². The summed E-state index contributed by atoms with van der Waals surface area (Å²) < 4.78 is 34.7. The van der Waals surface area contributed by atoms with Crippen LogP contribution < -0.4 is 0 Å². The molecule has 3 heterocycles. The summed E-state index contributed by atoms with van der Waals surface area (Å²) in [5.74, 6) is -0.808. The molecule has 2 aromatic carbocycles. The van der Waals surface area contributed by atoms with Crippen molar-refractivity contribution >= 4 is 0 Å². The van der Waals surface area contributed by atoms with E-state index in [9.17, 15) is 8.78 Å². The molecule has 6 nitrogen and oxygen atoms in total. The summed E-state index contributed by atoms with van der Waals surface area (Å²) in [4.78, 5) is 13.0. The SMILES string of the molecule is Fc1cccc(-c2nc3ccn(Cc4noc(-c5ccccc5)n4)cc-3n2)c1F. The number of pyridine rings is 1. The first kappa shape index (κ1) is 17.2. The van der Waals surface area contributed by atoms with Crippen molar-refractivity contribution in [3.05, 3.63) is 84.4 Å². The van der Waals surface area contributed by atoms with Gasteiger partial charge in [0, 0.05) is 18.0 Å². The minimum atomic E-state index is -0.962. The van der Waals surface area contributed by atoms with Gasteiger partial charge >= 0.3 is 0 Å². The molecule has 0 amide bonds. The minimum absolute atomic E-state index is 0.0263. The molecule has 142 valence electrons. The fourth-order valence-corrected chi connectivity index (χ4v) is 3.03. The maximum Gasteiger partial charge on any atom is 0.257 e. The van der Waals surface area contributed by atoms with Crippen LogP contribution in [-0.4, -0.2) is 24.7 Å². The number of benzene rings is 2. The van der Waals surface area contributed by atoms with Gasteiger partial charge in [0.15, 0.2) is 23.3 Å². The lowest BCUT2D eigenvalue weighted by Crippen LogP contribution is -2.02. The Labute approximate surface area is 163 Å². The fraction of sp³-hybridized carbons (Fsp3) is 0.0476. The highest BCUT2D eigenvalue weighted by atomic mass is 19.2. The molecule has 0 unspecified atom stereocenters. The first-order valence-corrected chi connectivity index (χ1v) is 8.83. The quantitative estimate of drug-likeness (QED) is 0.455. The van der Waals surface area contributed by atoms with E-state index < -0.39 is 11.6 Å².